The van der Waals surface area contributed by atoms with Crippen LogP contribution < -0.4 is 15.6 Å². The highest BCUT2D eigenvalue weighted by Crippen LogP contribution is 2.23. The lowest BCUT2D eigenvalue weighted by atomic mass is 9.55. The molecule has 0 aliphatic rings. The minimum absolute atomic E-state index is 0.412. The monoisotopic (exact) mass is 368 g/mol. The molecular weight excluding hydrogens is 355 g/mol. The standard InChI is InChI=1S/C22H14BClN2O/c24-20-10-3-9-19(14-20)23(18-8-1-5-16(13-18)15-25)27-21-11-2-6-17-7-4-12-26-22(17)21/h1-14H. The maximum absolute atomic E-state index is 9.27. The van der Waals surface area contributed by atoms with E-state index in [1.807, 2.05) is 72.8 Å². The summed E-state index contributed by atoms with van der Waals surface area (Å²) in [6.45, 7) is -0.412. The summed E-state index contributed by atoms with van der Waals surface area (Å²) < 4.78 is 6.42. The first-order valence-electron chi connectivity index (χ1n) is 8.50. The van der Waals surface area contributed by atoms with E-state index in [4.69, 9.17) is 16.3 Å². The number of hydrogen-bond donors (Lipinski definition) is 0. The van der Waals surface area contributed by atoms with Crippen LogP contribution in [0.2, 0.25) is 5.02 Å². The number of halogens is 1. The Labute approximate surface area is 162 Å². The Balaban J connectivity index is 1.84. The number of pyridine rings is 1. The van der Waals surface area contributed by atoms with Gasteiger partial charge in [-0.2, -0.15) is 5.26 Å². The summed E-state index contributed by atoms with van der Waals surface area (Å²) in [4.78, 5) is 4.47. The molecule has 0 aliphatic carbocycles. The molecule has 1 heterocycles. The summed E-state index contributed by atoms with van der Waals surface area (Å²) in [6.07, 6.45) is 1.75. The van der Waals surface area contributed by atoms with Gasteiger partial charge in [0.05, 0.1) is 11.6 Å². The van der Waals surface area contributed by atoms with E-state index in [9.17, 15) is 5.26 Å². The molecular formula is C22H14BClN2O. The molecule has 4 rings (SSSR count). The van der Waals surface area contributed by atoms with E-state index < -0.39 is 6.92 Å². The van der Waals surface area contributed by atoms with Crippen LogP contribution in [0.3, 0.4) is 0 Å². The van der Waals surface area contributed by atoms with Crippen molar-refractivity contribution in [3.05, 3.63) is 95.6 Å². The molecule has 27 heavy (non-hydrogen) atoms. The first-order chi connectivity index (χ1) is 13.2. The fraction of sp³-hybridized carbons (Fsp3) is 0. The van der Waals surface area contributed by atoms with E-state index >= 15 is 0 Å². The second kappa shape index (κ2) is 7.53. The minimum Gasteiger partial charge on any atom is -0.550 e. The second-order valence-corrected chi connectivity index (χ2v) is 6.56. The Kier molecular flexibility index (Phi) is 4.78. The fourth-order valence-corrected chi connectivity index (χ4v) is 3.27. The molecule has 128 valence electrons. The number of benzene rings is 3. The highest BCUT2D eigenvalue weighted by atomic mass is 35.5. The quantitative estimate of drug-likeness (QED) is 0.513. The zero-order valence-electron chi connectivity index (χ0n) is 14.3. The van der Waals surface area contributed by atoms with Crippen molar-refractivity contribution in [2.45, 2.75) is 0 Å². The topological polar surface area (TPSA) is 45.9 Å². The van der Waals surface area contributed by atoms with Crippen LogP contribution in [-0.2, 0) is 0 Å². The molecule has 0 atom stereocenters. The molecule has 1 aromatic heterocycles. The molecule has 0 radical (unpaired) electrons. The van der Waals surface area contributed by atoms with Crippen LogP contribution in [0, 0.1) is 11.3 Å². The van der Waals surface area contributed by atoms with Crippen LogP contribution >= 0.6 is 11.6 Å². The fourth-order valence-electron chi connectivity index (χ4n) is 3.07. The van der Waals surface area contributed by atoms with E-state index in [2.05, 4.69) is 11.1 Å². The smallest absolute Gasteiger partial charge is 0.426 e. The van der Waals surface area contributed by atoms with Crippen molar-refractivity contribution < 1.29 is 4.65 Å². The van der Waals surface area contributed by atoms with Crippen molar-refractivity contribution >= 4 is 40.3 Å². The van der Waals surface area contributed by atoms with E-state index in [1.165, 1.54) is 0 Å². The van der Waals surface area contributed by atoms with E-state index in [-0.39, 0.29) is 0 Å². The lowest BCUT2D eigenvalue weighted by Crippen LogP contribution is -2.47. The van der Waals surface area contributed by atoms with Crippen molar-refractivity contribution in [1.29, 1.82) is 5.26 Å². The van der Waals surface area contributed by atoms with Gasteiger partial charge in [0, 0.05) is 16.6 Å². The molecule has 0 amide bonds. The molecule has 0 saturated carbocycles. The van der Waals surface area contributed by atoms with E-state index in [0.717, 1.165) is 21.8 Å². The van der Waals surface area contributed by atoms with Crippen LogP contribution in [0.15, 0.2) is 85.1 Å². The van der Waals surface area contributed by atoms with Crippen molar-refractivity contribution in [3.63, 3.8) is 0 Å². The van der Waals surface area contributed by atoms with Crippen LogP contribution in [0.1, 0.15) is 5.56 Å². The molecule has 3 nitrogen and oxygen atoms in total. The van der Waals surface area contributed by atoms with Gasteiger partial charge in [0.1, 0.15) is 11.3 Å². The zero-order valence-corrected chi connectivity index (χ0v) is 15.1. The Hall–Kier alpha value is -3.29. The average molecular weight is 369 g/mol. The summed E-state index contributed by atoms with van der Waals surface area (Å²) >= 11 is 6.21. The van der Waals surface area contributed by atoms with Gasteiger partial charge in [0.25, 0.3) is 0 Å². The maximum atomic E-state index is 9.27. The van der Waals surface area contributed by atoms with Gasteiger partial charge in [0.2, 0.25) is 0 Å². The van der Waals surface area contributed by atoms with Crippen LogP contribution in [0.25, 0.3) is 10.9 Å². The van der Waals surface area contributed by atoms with Crippen molar-refractivity contribution in [1.82, 2.24) is 4.98 Å². The van der Waals surface area contributed by atoms with Gasteiger partial charge < -0.3 is 4.65 Å². The lowest BCUT2D eigenvalue weighted by Gasteiger charge is -2.18. The number of para-hydroxylation sites is 1. The molecule has 0 aliphatic heterocycles. The molecule has 0 N–H and O–H groups in total. The largest absolute Gasteiger partial charge is 0.550 e. The second-order valence-electron chi connectivity index (χ2n) is 6.12. The summed E-state index contributed by atoms with van der Waals surface area (Å²) in [5, 5.41) is 10.9. The molecule has 0 bridgehead atoms. The summed E-state index contributed by atoms with van der Waals surface area (Å²) in [7, 11) is 0. The summed E-state index contributed by atoms with van der Waals surface area (Å²) in [6, 6.07) is 26.9. The van der Waals surface area contributed by atoms with Crippen molar-refractivity contribution in [2.24, 2.45) is 0 Å². The van der Waals surface area contributed by atoms with Gasteiger partial charge in [-0.15, -0.1) is 0 Å². The number of aromatic nitrogens is 1. The first kappa shape index (κ1) is 17.1. The van der Waals surface area contributed by atoms with Gasteiger partial charge >= 0.3 is 6.92 Å². The van der Waals surface area contributed by atoms with Crippen molar-refractivity contribution in [2.75, 3.05) is 0 Å². The Morgan fingerprint density at radius 3 is 2.44 bits per heavy atom. The molecule has 0 unspecified atom stereocenters. The molecule has 5 heteroatoms. The summed E-state index contributed by atoms with van der Waals surface area (Å²) in [5.41, 5.74) is 3.16. The number of nitriles is 1. The van der Waals surface area contributed by atoms with Gasteiger partial charge in [-0.05, 0) is 47.3 Å². The molecule has 3 aromatic carbocycles. The minimum atomic E-state index is -0.412. The van der Waals surface area contributed by atoms with Gasteiger partial charge in [-0.25, -0.2) is 0 Å². The first-order valence-corrected chi connectivity index (χ1v) is 8.88. The highest BCUT2D eigenvalue weighted by Gasteiger charge is 2.25. The van der Waals surface area contributed by atoms with Gasteiger partial charge in [-0.3, -0.25) is 4.98 Å². The molecule has 0 fully saturated rings. The van der Waals surface area contributed by atoms with Crippen LogP contribution in [0.5, 0.6) is 5.75 Å². The molecule has 4 aromatic rings. The van der Waals surface area contributed by atoms with E-state index in [1.54, 1.807) is 12.3 Å². The third kappa shape index (κ3) is 3.64. The predicted molar refractivity (Wildman–Crippen MR) is 110 cm³/mol. The zero-order chi connectivity index (χ0) is 18.6. The van der Waals surface area contributed by atoms with E-state index in [0.29, 0.717) is 16.3 Å². The number of hydrogen-bond acceptors (Lipinski definition) is 3. The summed E-state index contributed by atoms with van der Waals surface area (Å²) in [5.74, 6) is 0.681. The van der Waals surface area contributed by atoms with Gasteiger partial charge in [0.15, 0.2) is 0 Å². The van der Waals surface area contributed by atoms with Gasteiger partial charge in [-0.1, -0.05) is 54.1 Å². The molecule has 0 saturated heterocycles. The maximum Gasteiger partial charge on any atom is 0.426 e. The number of nitrogens with zero attached hydrogens (tertiary/aromatic N) is 2. The Morgan fingerprint density at radius 1 is 0.889 bits per heavy atom. The SMILES string of the molecule is N#Cc1cccc(B(Oc2cccc3cccnc23)c2cccc(Cl)c2)c1. The Bertz CT molecular complexity index is 1150. The number of rotatable bonds is 4. The Morgan fingerprint density at radius 2 is 1.63 bits per heavy atom. The average Bonchev–Trinajstić information content (AvgIpc) is 2.72. The van der Waals surface area contributed by atoms with Crippen LogP contribution in [0.4, 0.5) is 0 Å². The van der Waals surface area contributed by atoms with Crippen LogP contribution in [-0.4, -0.2) is 11.9 Å². The molecule has 0 spiro atoms. The lowest BCUT2D eigenvalue weighted by molar-refractivity contribution is 0.597. The predicted octanol–water partition coefficient (Wildman–Crippen LogP) is 3.94. The number of fused-ring (bicyclic) bond motifs is 1. The van der Waals surface area contributed by atoms with Crippen molar-refractivity contribution in [3.8, 4) is 11.8 Å². The third-order valence-electron chi connectivity index (χ3n) is 4.31. The normalized spacial score (nSPS) is 10.4. The highest BCUT2D eigenvalue weighted by molar-refractivity contribution is 6.80. The third-order valence-corrected chi connectivity index (χ3v) is 4.55.